The second-order valence-corrected chi connectivity index (χ2v) is 10.0. The number of thioether (sulfide) groups is 1. The molecule has 0 spiro atoms. The Morgan fingerprint density at radius 2 is 1.91 bits per heavy atom. The van der Waals surface area contributed by atoms with Gasteiger partial charge in [0.15, 0.2) is 0 Å². The van der Waals surface area contributed by atoms with Crippen molar-refractivity contribution in [3.8, 4) is 0 Å². The second kappa shape index (κ2) is 9.50. The van der Waals surface area contributed by atoms with Gasteiger partial charge in [-0.3, -0.25) is 14.4 Å². The van der Waals surface area contributed by atoms with Crippen molar-refractivity contribution in [3.63, 3.8) is 0 Å². The van der Waals surface area contributed by atoms with Crippen molar-refractivity contribution in [3.05, 3.63) is 92.6 Å². The number of nitrogens with one attached hydrogen (secondary N) is 1. The number of hydrogen-bond donors (Lipinski definition) is 1. The van der Waals surface area contributed by atoms with Crippen LogP contribution in [0.25, 0.3) is 17.0 Å². The first-order valence-corrected chi connectivity index (χ1v) is 12.5. The lowest BCUT2D eigenvalue weighted by molar-refractivity contribution is -0.121. The average molecular weight is 508 g/mol. The molecule has 4 aromatic rings. The summed E-state index contributed by atoms with van der Waals surface area (Å²) in [6, 6.07) is 18.2. The van der Waals surface area contributed by atoms with Gasteiger partial charge < -0.3 is 9.88 Å². The quantitative estimate of drug-likeness (QED) is 0.329. The molecule has 0 atom stereocenters. The van der Waals surface area contributed by atoms with Crippen LogP contribution in [-0.2, 0) is 22.7 Å². The van der Waals surface area contributed by atoms with Gasteiger partial charge in [0.25, 0.3) is 11.1 Å². The Morgan fingerprint density at radius 3 is 2.71 bits per heavy atom. The second-order valence-electron chi connectivity index (χ2n) is 7.58. The number of hydrogen-bond acceptors (Lipinski definition) is 5. The summed E-state index contributed by atoms with van der Waals surface area (Å²) in [4.78, 5) is 40.7. The van der Waals surface area contributed by atoms with Gasteiger partial charge in [-0.2, -0.15) is 0 Å². The molecule has 0 bridgehead atoms. The van der Waals surface area contributed by atoms with Crippen LogP contribution >= 0.6 is 34.7 Å². The predicted molar refractivity (Wildman–Crippen MR) is 138 cm³/mol. The first-order chi connectivity index (χ1) is 16.5. The smallest absolute Gasteiger partial charge is 0.298 e. The molecule has 0 unspecified atom stereocenters. The van der Waals surface area contributed by atoms with Gasteiger partial charge in [0.1, 0.15) is 6.54 Å². The van der Waals surface area contributed by atoms with Crippen molar-refractivity contribution >= 4 is 74.4 Å². The molecule has 1 saturated heterocycles. The van der Waals surface area contributed by atoms with E-state index in [1.165, 1.54) is 0 Å². The first kappa shape index (κ1) is 22.5. The molecule has 34 heavy (non-hydrogen) atoms. The molecule has 1 aliphatic rings. The molecular formula is C25H18ClN3O3S2. The molecule has 2 aromatic carbocycles. The molecule has 3 amide bonds. The maximum Gasteiger partial charge on any atom is 0.298 e. The third-order valence-electron chi connectivity index (χ3n) is 5.32. The van der Waals surface area contributed by atoms with Crippen LogP contribution in [0.5, 0.6) is 0 Å². The average Bonchev–Trinajstić information content (AvgIpc) is 3.52. The van der Waals surface area contributed by atoms with E-state index in [4.69, 9.17) is 11.6 Å². The Labute approximate surface area is 208 Å². The van der Waals surface area contributed by atoms with Crippen molar-refractivity contribution in [2.45, 2.75) is 13.1 Å². The lowest BCUT2D eigenvalue weighted by atomic mass is 10.1. The van der Waals surface area contributed by atoms with E-state index in [0.717, 1.165) is 38.0 Å². The maximum absolute atomic E-state index is 13.1. The zero-order valence-corrected chi connectivity index (χ0v) is 20.1. The molecule has 3 heterocycles. The minimum absolute atomic E-state index is 0.109. The van der Waals surface area contributed by atoms with Gasteiger partial charge in [-0.25, -0.2) is 4.90 Å². The first-order valence-electron chi connectivity index (χ1n) is 10.4. The highest BCUT2D eigenvalue weighted by Crippen LogP contribution is 2.37. The maximum atomic E-state index is 13.1. The Bertz CT molecular complexity index is 1440. The fourth-order valence-corrected chi connectivity index (χ4v) is 5.44. The molecule has 1 aliphatic heterocycles. The molecule has 0 saturated carbocycles. The third-order valence-corrected chi connectivity index (χ3v) is 7.30. The molecule has 9 heteroatoms. The van der Waals surface area contributed by atoms with Crippen molar-refractivity contribution in [2.75, 3.05) is 4.90 Å². The molecule has 5 rings (SSSR count). The number of carbonyl (C=O) groups excluding carboxylic acids is 3. The number of anilines is 1. The fraction of sp³-hybridized carbons (Fsp3) is 0.0800. The van der Waals surface area contributed by atoms with Crippen LogP contribution in [0.4, 0.5) is 10.5 Å². The largest absolute Gasteiger partial charge is 0.350 e. The van der Waals surface area contributed by atoms with Crippen molar-refractivity contribution in [2.24, 2.45) is 0 Å². The van der Waals surface area contributed by atoms with Crippen LogP contribution in [0.2, 0.25) is 5.02 Å². The minimum atomic E-state index is -0.400. The van der Waals surface area contributed by atoms with E-state index in [1.807, 2.05) is 52.5 Å². The van der Waals surface area contributed by atoms with Crippen LogP contribution in [0.15, 0.2) is 77.1 Å². The van der Waals surface area contributed by atoms with E-state index in [1.54, 1.807) is 41.7 Å². The number of aromatic nitrogens is 1. The van der Waals surface area contributed by atoms with E-state index in [9.17, 15) is 14.4 Å². The molecule has 0 radical (unpaired) electrons. The molecule has 0 aliphatic carbocycles. The van der Waals surface area contributed by atoms with Gasteiger partial charge >= 0.3 is 0 Å². The number of amides is 3. The molecule has 1 N–H and O–H groups in total. The van der Waals surface area contributed by atoms with E-state index >= 15 is 0 Å². The number of halogens is 1. The van der Waals surface area contributed by atoms with Crippen molar-refractivity contribution in [1.29, 1.82) is 0 Å². The van der Waals surface area contributed by atoms with Crippen molar-refractivity contribution in [1.82, 2.24) is 9.88 Å². The molecular weight excluding hydrogens is 490 g/mol. The van der Waals surface area contributed by atoms with Crippen LogP contribution in [0.1, 0.15) is 10.4 Å². The van der Waals surface area contributed by atoms with E-state index < -0.39 is 5.91 Å². The fourth-order valence-electron chi connectivity index (χ4n) is 3.78. The molecule has 170 valence electrons. The highest BCUT2D eigenvalue weighted by molar-refractivity contribution is 8.19. The van der Waals surface area contributed by atoms with Gasteiger partial charge in [0, 0.05) is 32.6 Å². The summed E-state index contributed by atoms with van der Waals surface area (Å²) in [6.45, 7) is 0.628. The number of fused-ring (bicyclic) bond motifs is 1. The van der Waals surface area contributed by atoms with Gasteiger partial charge in [-0.05, 0) is 53.5 Å². The standard InChI is InChI=1S/C25H18ClN3O3S2/c26-17-5-3-6-18(12-17)29-24(31)22(34-25(29)32)11-16-14-28(21-9-2-1-8-20(16)21)15-23(30)27-13-19-7-4-10-33-19/h1-12,14H,13,15H2,(H,27,30)/b22-11-. The number of para-hydroxylation sites is 1. The number of nitrogens with zero attached hydrogens (tertiary/aromatic N) is 2. The normalized spacial score (nSPS) is 15.0. The van der Waals surface area contributed by atoms with Crippen LogP contribution in [0, 0.1) is 0 Å². The van der Waals surface area contributed by atoms with Crippen LogP contribution in [-0.4, -0.2) is 21.6 Å². The number of carbonyl (C=O) groups is 3. The summed E-state index contributed by atoms with van der Waals surface area (Å²) in [7, 11) is 0. The lowest BCUT2D eigenvalue weighted by Crippen LogP contribution is -2.27. The van der Waals surface area contributed by atoms with Gasteiger partial charge in [-0.1, -0.05) is 41.9 Å². The Balaban J connectivity index is 1.41. The SMILES string of the molecule is O=C(Cn1cc(/C=C2\SC(=O)N(c3cccc(Cl)c3)C2=O)c2ccccc21)NCc1cccs1. The summed E-state index contributed by atoms with van der Waals surface area (Å²) in [6.07, 6.45) is 3.54. The van der Waals surface area contributed by atoms with E-state index in [-0.39, 0.29) is 17.7 Å². The molecule has 6 nitrogen and oxygen atoms in total. The van der Waals surface area contributed by atoms with Crippen molar-refractivity contribution < 1.29 is 14.4 Å². The summed E-state index contributed by atoms with van der Waals surface area (Å²) < 4.78 is 1.85. The molecule has 1 fully saturated rings. The highest BCUT2D eigenvalue weighted by atomic mass is 35.5. The number of imide groups is 1. The monoisotopic (exact) mass is 507 g/mol. The summed E-state index contributed by atoms with van der Waals surface area (Å²) in [5, 5.41) is 5.87. The number of thiophene rings is 1. The van der Waals surface area contributed by atoms with Crippen LogP contribution < -0.4 is 10.2 Å². The number of benzene rings is 2. The minimum Gasteiger partial charge on any atom is -0.350 e. The topological polar surface area (TPSA) is 71.4 Å². The Hall–Kier alpha value is -3.33. The van der Waals surface area contributed by atoms with Crippen LogP contribution in [0.3, 0.4) is 0 Å². The summed E-state index contributed by atoms with van der Waals surface area (Å²) in [5.74, 6) is -0.509. The van der Waals surface area contributed by atoms with Gasteiger partial charge in [-0.15, -0.1) is 11.3 Å². The van der Waals surface area contributed by atoms with Gasteiger partial charge in [0.2, 0.25) is 5.91 Å². The van der Waals surface area contributed by atoms with E-state index in [0.29, 0.717) is 22.2 Å². The zero-order chi connectivity index (χ0) is 23.7. The zero-order valence-electron chi connectivity index (χ0n) is 17.7. The molecule has 2 aromatic heterocycles. The third kappa shape index (κ3) is 4.52. The summed E-state index contributed by atoms with van der Waals surface area (Å²) in [5.41, 5.74) is 2.07. The van der Waals surface area contributed by atoms with Gasteiger partial charge in [0.05, 0.1) is 17.1 Å². The van der Waals surface area contributed by atoms with E-state index in [2.05, 4.69) is 5.32 Å². The lowest BCUT2D eigenvalue weighted by Gasteiger charge is -2.12. The Kier molecular flexibility index (Phi) is 6.28. The Morgan fingerprint density at radius 1 is 1.06 bits per heavy atom. The number of rotatable bonds is 6. The highest BCUT2D eigenvalue weighted by Gasteiger charge is 2.36. The predicted octanol–water partition coefficient (Wildman–Crippen LogP) is 5.91. The summed E-state index contributed by atoms with van der Waals surface area (Å²) >= 11 is 8.52.